The molecule has 0 radical (unpaired) electrons. The Morgan fingerprint density at radius 3 is 2.33 bits per heavy atom. The van der Waals surface area contributed by atoms with Crippen LogP contribution < -0.4 is 14.8 Å². The maximum absolute atomic E-state index is 6.09. The molecule has 1 aromatic heterocycles. The van der Waals surface area contributed by atoms with Crippen molar-refractivity contribution in [3.63, 3.8) is 0 Å². The largest absolute Gasteiger partial charge is 0.496 e. The van der Waals surface area contributed by atoms with E-state index in [0.29, 0.717) is 6.61 Å². The van der Waals surface area contributed by atoms with E-state index in [1.807, 2.05) is 36.4 Å². The summed E-state index contributed by atoms with van der Waals surface area (Å²) >= 11 is 0. The van der Waals surface area contributed by atoms with Gasteiger partial charge in [0.05, 0.1) is 12.8 Å². The summed E-state index contributed by atoms with van der Waals surface area (Å²) in [5, 5.41) is 3.87. The van der Waals surface area contributed by atoms with Gasteiger partial charge in [0.15, 0.2) is 0 Å². The smallest absolute Gasteiger partial charge is 0.130 e. The number of hydrogen-bond donors (Lipinski definition) is 1. The van der Waals surface area contributed by atoms with E-state index in [2.05, 4.69) is 40.6 Å². The fourth-order valence-corrected chi connectivity index (χ4v) is 4.25. The Bertz CT molecular complexity index is 927. The quantitative estimate of drug-likeness (QED) is 0.507. The summed E-state index contributed by atoms with van der Waals surface area (Å²) in [7, 11) is 1.75. The molecule has 0 amide bonds. The maximum atomic E-state index is 6.09. The molecule has 4 rings (SSSR count). The highest BCUT2D eigenvalue weighted by Crippen LogP contribution is 2.43. The molecule has 30 heavy (non-hydrogen) atoms. The molecule has 158 valence electrons. The third-order valence-corrected chi connectivity index (χ3v) is 5.77. The second kappa shape index (κ2) is 10.5. The molecular weight excluding hydrogens is 396 g/mol. The zero-order valence-corrected chi connectivity index (χ0v) is 18.2. The van der Waals surface area contributed by atoms with E-state index in [-0.39, 0.29) is 17.9 Å². The number of pyridine rings is 1. The monoisotopic (exact) mass is 424 g/mol. The van der Waals surface area contributed by atoms with Crippen LogP contribution in [0.2, 0.25) is 0 Å². The van der Waals surface area contributed by atoms with Gasteiger partial charge in [-0.2, -0.15) is 0 Å². The Hall–Kier alpha value is -2.56. The minimum absolute atomic E-state index is 0. The molecule has 1 aliphatic rings. The predicted octanol–water partition coefficient (Wildman–Crippen LogP) is 5.65. The van der Waals surface area contributed by atoms with E-state index in [9.17, 15) is 0 Å². The number of para-hydroxylation sites is 2. The van der Waals surface area contributed by atoms with Crippen molar-refractivity contribution in [2.45, 2.75) is 44.4 Å². The second-order valence-corrected chi connectivity index (χ2v) is 7.56. The molecule has 1 saturated carbocycles. The van der Waals surface area contributed by atoms with Crippen LogP contribution in [0.4, 0.5) is 0 Å². The molecule has 0 spiro atoms. The van der Waals surface area contributed by atoms with Gasteiger partial charge < -0.3 is 14.8 Å². The van der Waals surface area contributed by atoms with Gasteiger partial charge in [-0.1, -0.05) is 55.3 Å². The van der Waals surface area contributed by atoms with Gasteiger partial charge in [-0.3, -0.25) is 4.98 Å². The molecule has 1 heterocycles. The molecular formula is C25H29ClN2O2. The first kappa shape index (κ1) is 22.1. The standard InChI is InChI=1S/C25H28N2O2.ClH/c1-28-24-14-5-3-12-22(24)25(15-7-8-16-25)27-18-20-10-2-4-13-23(20)29-19-21-11-6-9-17-26-21;/h2-6,9-14,17,27H,7-8,15-16,18-19H2,1H3;1H. The average Bonchev–Trinajstić information content (AvgIpc) is 3.27. The van der Waals surface area contributed by atoms with E-state index in [1.165, 1.54) is 18.4 Å². The van der Waals surface area contributed by atoms with Crippen LogP contribution in [0.15, 0.2) is 72.9 Å². The van der Waals surface area contributed by atoms with Crippen molar-refractivity contribution in [1.29, 1.82) is 0 Å². The normalized spacial score (nSPS) is 14.7. The third kappa shape index (κ3) is 4.94. The van der Waals surface area contributed by atoms with Crippen molar-refractivity contribution >= 4 is 12.4 Å². The maximum Gasteiger partial charge on any atom is 0.130 e. The Balaban J connectivity index is 0.00000256. The number of nitrogens with zero attached hydrogens (tertiary/aromatic N) is 1. The number of ether oxygens (including phenoxy) is 2. The molecule has 3 aromatic rings. The van der Waals surface area contributed by atoms with Crippen LogP contribution >= 0.6 is 12.4 Å². The molecule has 4 nitrogen and oxygen atoms in total. The SMILES string of the molecule is COc1ccccc1C1(NCc2ccccc2OCc2ccccn2)CCCC1.Cl. The molecule has 0 bridgehead atoms. The first-order valence-corrected chi connectivity index (χ1v) is 10.3. The fraction of sp³-hybridized carbons (Fsp3) is 0.320. The first-order valence-electron chi connectivity index (χ1n) is 10.3. The second-order valence-electron chi connectivity index (χ2n) is 7.56. The van der Waals surface area contributed by atoms with Crippen LogP contribution in [0.5, 0.6) is 11.5 Å². The summed E-state index contributed by atoms with van der Waals surface area (Å²) in [6.45, 7) is 1.21. The Morgan fingerprint density at radius 2 is 1.60 bits per heavy atom. The predicted molar refractivity (Wildman–Crippen MR) is 122 cm³/mol. The van der Waals surface area contributed by atoms with Gasteiger partial charge in [0, 0.05) is 29.4 Å². The Morgan fingerprint density at radius 1 is 0.900 bits per heavy atom. The lowest BCUT2D eigenvalue weighted by Gasteiger charge is -2.33. The van der Waals surface area contributed by atoms with E-state index in [4.69, 9.17) is 9.47 Å². The first-order chi connectivity index (χ1) is 14.3. The van der Waals surface area contributed by atoms with Gasteiger partial charge in [0.2, 0.25) is 0 Å². The van der Waals surface area contributed by atoms with E-state index in [1.54, 1.807) is 13.3 Å². The van der Waals surface area contributed by atoms with Gasteiger partial charge >= 0.3 is 0 Å². The van der Waals surface area contributed by atoms with Crippen LogP contribution in [0.3, 0.4) is 0 Å². The molecule has 0 saturated heterocycles. The van der Waals surface area contributed by atoms with Crippen LogP contribution in [-0.4, -0.2) is 12.1 Å². The van der Waals surface area contributed by atoms with Crippen molar-refractivity contribution in [3.8, 4) is 11.5 Å². The van der Waals surface area contributed by atoms with Gasteiger partial charge in [0.25, 0.3) is 0 Å². The molecule has 0 atom stereocenters. The number of nitrogens with one attached hydrogen (secondary N) is 1. The van der Waals surface area contributed by atoms with Crippen molar-refractivity contribution in [3.05, 3.63) is 89.7 Å². The average molecular weight is 425 g/mol. The highest BCUT2D eigenvalue weighted by Gasteiger charge is 2.37. The van der Waals surface area contributed by atoms with Crippen molar-refractivity contribution in [2.75, 3.05) is 7.11 Å². The fourth-order valence-electron chi connectivity index (χ4n) is 4.25. The van der Waals surface area contributed by atoms with Crippen LogP contribution in [-0.2, 0) is 18.7 Å². The third-order valence-electron chi connectivity index (χ3n) is 5.77. The van der Waals surface area contributed by atoms with Gasteiger partial charge in [0.1, 0.15) is 18.1 Å². The number of halogens is 1. The van der Waals surface area contributed by atoms with Crippen molar-refractivity contribution < 1.29 is 9.47 Å². The molecule has 1 fully saturated rings. The van der Waals surface area contributed by atoms with Crippen LogP contribution in [0, 0.1) is 0 Å². The van der Waals surface area contributed by atoms with Crippen molar-refractivity contribution in [2.24, 2.45) is 0 Å². The molecule has 0 unspecified atom stereocenters. The number of methoxy groups -OCH3 is 1. The van der Waals surface area contributed by atoms with E-state index < -0.39 is 0 Å². The summed E-state index contributed by atoms with van der Waals surface area (Å²) in [4.78, 5) is 4.35. The number of hydrogen-bond acceptors (Lipinski definition) is 4. The highest BCUT2D eigenvalue weighted by atomic mass is 35.5. The topological polar surface area (TPSA) is 43.4 Å². The van der Waals surface area contributed by atoms with Gasteiger partial charge in [-0.25, -0.2) is 0 Å². The highest BCUT2D eigenvalue weighted by molar-refractivity contribution is 5.85. The minimum atomic E-state index is -0.0549. The minimum Gasteiger partial charge on any atom is -0.496 e. The molecule has 2 aromatic carbocycles. The lowest BCUT2D eigenvalue weighted by Crippen LogP contribution is -2.39. The van der Waals surface area contributed by atoms with Crippen LogP contribution in [0.1, 0.15) is 42.5 Å². The molecule has 0 aliphatic heterocycles. The Labute approximate surface area is 185 Å². The van der Waals surface area contributed by atoms with E-state index in [0.717, 1.165) is 42.1 Å². The summed E-state index contributed by atoms with van der Waals surface area (Å²) in [5.74, 6) is 1.86. The van der Waals surface area contributed by atoms with Crippen molar-refractivity contribution in [1.82, 2.24) is 10.3 Å². The number of rotatable bonds is 8. The van der Waals surface area contributed by atoms with Gasteiger partial charge in [-0.15, -0.1) is 12.4 Å². The Kier molecular flexibility index (Phi) is 7.72. The summed E-state index contributed by atoms with van der Waals surface area (Å²) in [6.07, 6.45) is 6.48. The molecule has 1 N–H and O–H groups in total. The summed E-state index contributed by atoms with van der Waals surface area (Å²) in [5.41, 5.74) is 3.29. The lowest BCUT2D eigenvalue weighted by atomic mass is 9.87. The van der Waals surface area contributed by atoms with E-state index >= 15 is 0 Å². The van der Waals surface area contributed by atoms with Crippen LogP contribution in [0.25, 0.3) is 0 Å². The summed E-state index contributed by atoms with van der Waals surface area (Å²) < 4.78 is 11.8. The summed E-state index contributed by atoms with van der Waals surface area (Å²) in [6, 6.07) is 22.5. The number of benzene rings is 2. The lowest BCUT2D eigenvalue weighted by molar-refractivity contribution is 0.288. The number of aromatic nitrogens is 1. The zero-order valence-electron chi connectivity index (χ0n) is 17.3. The molecule has 1 aliphatic carbocycles. The zero-order chi connectivity index (χ0) is 19.9. The van der Waals surface area contributed by atoms with Gasteiger partial charge in [-0.05, 0) is 37.1 Å². The molecule has 5 heteroatoms.